The quantitative estimate of drug-likeness (QED) is 0.630. The third-order valence-electron chi connectivity index (χ3n) is 5.27. The highest BCUT2D eigenvalue weighted by atomic mass is 32.2. The third-order valence-corrected chi connectivity index (χ3v) is 6.35. The van der Waals surface area contributed by atoms with Crippen LogP contribution in [0.3, 0.4) is 0 Å². The van der Waals surface area contributed by atoms with E-state index in [-0.39, 0.29) is 22.7 Å². The van der Waals surface area contributed by atoms with Crippen molar-refractivity contribution in [2.45, 2.75) is 37.1 Å². The van der Waals surface area contributed by atoms with Gasteiger partial charge < -0.3 is 9.42 Å². The molecule has 1 aliphatic rings. The predicted molar refractivity (Wildman–Crippen MR) is 109 cm³/mol. The number of piperidine rings is 1. The van der Waals surface area contributed by atoms with Gasteiger partial charge in [0.25, 0.3) is 5.91 Å². The molecular weight excluding hydrogens is 404 g/mol. The van der Waals surface area contributed by atoms with Gasteiger partial charge >= 0.3 is 0 Å². The molecule has 1 unspecified atom stereocenters. The van der Waals surface area contributed by atoms with Crippen LogP contribution in [0, 0.1) is 6.92 Å². The molecule has 4 rings (SSSR count). The van der Waals surface area contributed by atoms with Crippen LogP contribution >= 0.6 is 0 Å². The summed E-state index contributed by atoms with van der Waals surface area (Å²) in [5, 5.41) is 4.01. The maximum Gasteiger partial charge on any atom is 0.254 e. The fourth-order valence-electron chi connectivity index (χ4n) is 3.63. The molecule has 8 nitrogen and oxygen atoms in total. The van der Waals surface area contributed by atoms with Crippen LogP contribution in [0.25, 0.3) is 11.4 Å². The Morgan fingerprint density at radius 3 is 2.77 bits per heavy atom. The van der Waals surface area contributed by atoms with Crippen LogP contribution in [0.1, 0.15) is 47.1 Å². The monoisotopic (exact) mass is 426 g/mol. The lowest BCUT2D eigenvalue weighted by Crippen LogP contribution is -2.39. The second-order valence-electron chi connectivity index (χ2n) is 7.46. The molecule has 0 radical (unpaired) electrons. The standard InChI is InChI=1S/C21H22N4O4S/c1-14-7-3-4-8-17(14)21(26)25-10-6-5-9-18(25)20-23-19(24-29-20)15-11-16(13-22-12-15)30(2,27)28/h3-4,7-8,11-13,18H,5-6,9-10H2,1-2H3. The minimum absolute atomic E-state index is 0.0571. The van der Waals surface area contributed by atoms with Gasteiger partial charge in [-0.2, -0.15) is 4.98 Å². The molecule has 1 aliphatic heterocycles. The highest BCUT2D eigenvalue weighted by molar-refractivity contribution is 7.90. The average molecular weight is 426 g/mol. The Kier molecular flexibility index (Phi) is 5.38. The lowest BCUT2D eigenvalue weighted by atomic mass is 9.99. The molecule has 156 valence electrons. The van der Waals surface area contributed by atoms with E-state index < -0.39 is 9.84 Å². The minimum atomic E-state index is -3.40. The maximum absolute atomic E-state index is 13.2. The lowest BCUT2D eigenvalue weighted by molar-refractivity contribution is 0.0560. The highest BCUT2D eigenvalue weighted by Crippen LogP contribution is 2.32. The second-order valence-corrected chi connectivity index (χ2v) is 9.48. The Balaban J connectivity index is 1.64. The minimum Gasteiger partial charge on any atom is -0.337 e. The van der Waals surface area contributed by atoms with Gasteiger partial charge in [0.2, 0.25) is 11.7 Å². The number of hydrogen-bond acceptors (Lipinski definition) is 7. The van der Waals surface area contributed by atoms with Gasteiger partial charge in [0.15, 0.2) is 9.84 Å². The fraction of sp³-hybridized carbons (Fsp3) is 0.333. The Bertz CT molecular complexity index is 1190. The summed E-state index contributed by atoms with van der Waals surface area (Å²) in [5.74, 6) is 0.534. The first-order valence-corrected chi connectivity index (χ1v) is 11.6. The van der Waals surface area contributed by atoms with Crippen LogP contribution in [-0.4, -0.2) is 47.2 Å². The molecule has 1 aromatic carbocycles. The molecule has 0 aliphatic carbocycles. The number of carbonyl (C=O) groups excluding carboxylic acids is 1. The van der Waals surface area contributed by atoms with Crippen molar-refractivity contribution in [3.05, 3.63) is 59.7 Å². The van der Waals surface area contributed by atoms with Crippen molar-refractivity contribution in [1.29, 1.82) is 0 Å². The summed E-state index contributed by atoms with van der Waals surface area (Å²) in [4.78, 5) is 23.5. The van der Waals surface area contributed by atoms with Gasteiger partial charge in [-0.05, 0) is 43.9 Å². The number of nitrogens with zero attached hydrogens (tertiary/aromatic N) is 4. The topological polar surface area (TPSA) is 106 Å². The number of aromatic nitrogens is 3. The number of aryl methyl sites for hydroxylation is 1. The van der Waals surface area contributed by atoms with Gasteiger partial charge in [0, 0.05) is 36.3 Å². The molecule has 1 fully saturated rings. The van der Waals surface area contributed by atoms with Gasteiger partial charge in [-0.25, -0.2) is 8.42 Å². The number of sulfone groups is 1. The van der Waals surface area contributed by atoms with Gasteiger partial charge in [0.05, 0.1) is 4.90 Å². The zero-order valence-electron chi connectivity index (χ0n) is 16.8. The third kappa shape index (κ3) is 3.97. The predicted octanol–water partition coefficient (Wildman–Crippen LogP) is 3.21. The smallest absolute Gasteiger partial charge is 0.254 e. The molecule has 3 aromatic rings. The van der Waals surface area contributed by atoms with Crippen molar-refractivity contribution in [1.82, 2.24) is 20.0 Å². The Hall–Kier alpha value is -3.07. The summed E-state index contributed by atoms with van der Waals surface area (Å²) in [7, 11) is -3.40. The van der Waals surface area contributed by atoms with Crippen LogP contribution in [0.5, 0.6) is 0 Å². The number of rotatable bonds is 4. The summed E-state index contributed by atoms with van der Waals surface area (Å²) in [5.41, 5.74) is 2.02. The van der Waals surface area contributed by atoms with Crippen molar-refractivity contribution >= 4 is 15.7 Å². The van der Waals surface area contributed by atoms with Gasteiger partial charge in [-0.15, -0.1) is 0 Å². The van der Waals surface area contributed by atoms with E-state index >= 15 is 0 Å². The SMILES string of the molecule is Cc1ccccc1C(=O)N1CCCCC1c1nc(-c2cncc(S(C)(=O)=O)c2)no1. The molecule has 9 heteroatoms. The Morgan fingerprint density at radius 1 is 1.20 bits per heavy atom. The number of carbonyl (C=O) groups is 1. The van der Waals surface area contributed by atoms with Crippen molar-refractivity contribution in [2.24, 2.45) is 0 Å². The van der Waals surface area contributed by atoms with Gasteiger partial charge in [0.1, 0.15) is 6.04 Å². The second kappa shape index (κ2) is 7.98. The summed E-state index contributed by atoms with van der Waals surface area (Å²) >= 11 is 0. The van der Waals surface area contributed by atoms with E-state index in [1.165, 1.54) is 18.5 Å². The summed E-state index contributed by atoms with van der Waals surface area (Å²) in [6, 6.07) is 8.64. The molecule has 0 saturated carbocycles. The molecule has 0 N–H and O–H groups in total. The number of pyridine rings is 1. The molecule has 30 heavy (non-hydrogen) atoms. The van der Waals surface area contributed by atoms with Crippen molar-refractivity contribution in [3.8, 4) is 11.4 Å². The first kappa shape index (κ1) is 20.2. The van der Waals surface area contributed by atoms with Crippen molar-refractivity contribution in [3.63, 3.8) is 0 Å². The highest BCUT2D eigenvalue weighted by Gasteiger charge is 2.33. The lowest BCUT2D eigenvalue weighted by Gasteiger charge is -2.33. The van der Waals surface area contributed by atoms with E-state index in [9.17, 15) is 13.2 Å². The van der Waals surface area contributed by atoms with E-state index in [1.54, 1.807) is 4.90 Å². The van der Waals surface area contributed by atoms with Gasteiger partial charge in [-0.3, -0.25) is 9.78 Å². The first-order valence-electron chi connectivity index (χ1n) is 9.70. The van der Waals surface area contributed by atoms with Crippen molar-refractivity contribution < 1.29 is 17.7 Å². The largest absolute Gasteiger partial charge is 0.337 e. The van der Waals surface area contributed by atoms with Crippen LogP contribution < -0.4 is 0 Å². The Labute approximate surface area is 174 Å². The van der Waals surface area contributed by atoms with E-state index in [0.29, 0.717) is 23.6 Å². The average Bonchev–Trinajstić information content (AvgIpc) is 3.23. The van der Waals surface area contributed by atoms with Crippen molar-refractivity contribution in [2.75, 3.05) is 12.8 Å². The molecule has 1 atom stereocenters. The molecule has 1 amide bonds. The van der Waals surface area contributed by atoms with E-state index in [0.717, 1.165) is 31.1 Å². The number of amides is 1. The molecule has 3 heterocycles. The molecule has 2 aromatic heterocycles. The number of hydrogen-bond donors (Lipinski definition) is 0. The summed E-state index contributed by atoms with van der Waals surface area (Å²) in [6.07, 6.45) is 6.47. The number of likely N-dealkylation sites (tertiary alicyclic amines) is 1. The normalized spacial score (nSPS) is 17.1. The van der Waals surface area contributed by atoms with Crippen LogP contribution in [-0.2, 0) is 9.84 Å². The molecular formula is C21H22N4O4S. The van der Waals surface area contributed by atoms with E-state index in [4.69, 9.17) is 4.52 Å². The zero-order chi connectivity index (χ0) is 21.3. The van der Waals surface area contributed by atoms with Crippen LogP contribution in [0.15, 0.2) is 52.1 Å². The Morgan fingerprint density at radius 2 is 2.00 bits per heavy atom. The number of benzene rings is 1. The maximum atomic E-state index is 13.2. The zero-order valence-corrected chi connectivity index (χ0v) is 17.6. The van der Waals surface area contributed by atoms with Crippen LogP contribution in [0.4, 0.5) is 0 Å². The van der Waals surface area contributed by atoms with Crippen LogP contribution in [0.2, 0.25) is 0 Å². The van der Waals surface area contributed by atoms with Gasteiger partial charge in [-0.1, -0.05) is 23.4 Å². The van der Waals surface area contributed by atoms with E-state index in [2.05, 4.69) is 15.1 Å². The molecule has 1 saturated heterocycles. The molecule has 0 bridgehead atoms. The summed E-state index contributed by atoms with van der Waals surface area (Å²) < 4.78 is 29.1. The summed E-state index contributed by atoms with van der Waals surface area (Å²) in [6.45, 7) is 2.53. The van der Waals surface area contributed by atoms with E-state index in [1.807, 2.05) is 31.2 Å². The fourth-order valence-corrected chi connectivity index (χ4v) is 4.22. The first-order chi connectivity index (χ1) is 14.3. The molecule has 0 spiro atoms.